The Hall–Kier alpha value is -4.27. The minimum absolute atomic E-state index is 0.0118. The molecule has 0 bridgehead atoms. The van der Waals surface area contributed by atoms with Crippen molar-refractivity contribution in [2.24, 2.45) is 0 Å². The molecule has 2 aromatic carbocycles. The number of phenols is 2. The molecule has 0 aliphatic rings. The van der Waals surface area contributed by atoms with Gasteiger partial charge >= 0.3 is 0 Å². The lowest BCUT2D eigenvalue weighted by Crippen LogP contribution is -2.18. The Morgan fingerprint density at radius 2 is 1.93 bits per heavy atom. The first-order valence-corrected chi connectivity index (χ1v) is 9.03. The summed E-state index contributed by atoms with van der Waals surface area (Å²) in [7, 11) is 1.53. The van der Waals surface area contributed by atoms with Crippen LogP contribution in [-0.2, 0) is 6.54 Å². The van der Waals surface area contributed by atoms with Crippen LogP contribution in [-0.4, -0.2) is 33.1 Å². The summed E-state index contributed by atoms with van der Waals surface area (Å²) in [4.78, 5) is 20.1. The molecule has 0 saturated carbocycles. The van der Waals surface area contributed by atoms with E-state index >= 15 is 0 Å². The highest BCUT2D eigenvalue weighted by Gasteiger charge is 2.10. The number of nitrogens with one attached hydrogen (secondary N) is 2. The first-order valence-electron chi connectivity index (χ1n) is 9.03. The Morgan fingerprint density at radius 3 is 2.73 bits per heavy atom. The number of ether oxygens (including phenoxy) is 1. The largest absolute Gasteiger partial charge is 0.508 e. The van der Waals surface area contributed by atoms with E-state index in [1.807, 2.05) is 0 Å². The molecule has 0 atom stereocenters. The van der Waals surface area contributed by atoms with E-state index < -0.39 is 0 Å². The molecule has 0 fully saturated rings. The van der Waals surface area contributed by atoms with Gasteiger partial charge in [0.1, 0.15) is 34.2 Å². The summed E-state index contributed by atoms with van der Waals surface area (Å²) in [5.74, 6) is 0.630. The quantitative estimate of drug-likeness (QED) is 0.383. The van der Waals surface area contributed by atoms with Gasteiger partial charge < -0.3 is 30.0 Å². The van der Waals surface area contributed by atoms with Gasteiger partial charge in [0, 0.05) is 43.6 Å². The van der Waals surface area contributed by atoms with Crippen molar-refractivity contribution >= 4 is 23.0 Å². The third kappa shape index (κ3) is 4.09. The van der Waals surface area contributed by atoms with Crippen LogP contribution < -0.4 is 15.4 Å². The molecule has 0 radical (unpaired) electrons. The van der Waals surface area contributed by atoms with Crippen LogP contribution in [0.3, 0.4) is 0 Å². The Morgan fingerprint density at radius 1 is 1.10 bits per heavy atom. The van der Waals surface area contributed by atoms with Crippen molar-refractivity contribution in [3.8, 4) is 23.0 Å². The van der Waals surface area contributed by atoms with Gasteiger partial charge in [-0.1, -0.05) is 0 Å². The first-order chi connectivity index (χ1) is 14.5. The summed E-state index contributed by atoms with van der Waals surface area (Å²) in [5.41, 5.74) is 1.97. The Balaban J connectivity index is 1.49. The molecule has 1 amide bonds. The minimum atomic E-state index is -0.304. The van der Waals surface area contributed by atoms with Crippen LogP contribution in [0, 0.1) is 0 Å². The van der Waals surface area contributed by atoms with E-state index in [-0.39, 0.29) is 35.7 Å². The molecule has 0 spiro atoms. The van der Waals surface area contributed by atoms with E-state index in [9.17, 15) is 15.0 Å². The molecule has 0 aliphatic heterocycles. The number of oxazole rings is 1. The molecule has 9 nitrogen and oxygen atoms in total. The average Bonchev–Trinajstić information content (AvgIpc) is 3.15. The molecule has 9 heteroatoms. The summed E-state index contributed by atoms with van der Waals surface area (Å²) in [6, 6.07) is 13.0. The molecule has 0 aliphatic carbocycles. The highest BCUT2D eigenvalue weighted by Crippen LogP contribution is 2.28. The van der Waals surface area contributed by atoms with Crippen LogP contribution in [0.4, 0.5) is 6.01 Å². The molecule has 4 N–H and O–H groups in total. The average molecular weight is 406 g/mol. The van der Waals surface area contributed by atoms with Crippen molar-refractivity contribution in [3.05, 3.63) is 66.0 Å². The lowest BCUT2D eigenvalue weighted by Gasteiger charge is -2.06. The predicted octanol–water partition coefficient (Wildman–Crippen LogP) is 3.40. The number of pyridine rings is 1. The lowest BCUT2D eigenvalue weighted by atomic mass is 10.2. The van der Waals surface area contributed by atoms with Crippen LogP contribution in [0.1, 0.15) is 16.1 Å². The molecule has 0 unspecified atom stereocenters. The standard InChI is InChI=1S/C21H18N4O5/c1-22-20(28)17-9-15(6-7-23-17)29-14-4-5-16-19(10-14)30-21(25-16)24-11-12-2-3-13(26)8-18(12)27/h2-10,26-27H,11H2,1H3,(H,22,28)(H,24,25). The van der Waals surface area contributed by atoms with Crippen molar-refractivity contribution in [3.63, 3.8) is 0 Å². The zero-order valence-electron chi connectivity index (χ0n) is 15.9. The summed E-state index contributed by atoms with van der Waals surface area (Å²) in [6.45, 7) is 0.265. The number of fused-ring (bicyclic) bond motifs is 1. The number of carbonyl (C=O) groups is 1. The van der Waals surface area contributed by atoms with E-state index in [2.05, 4.69) is 20.6 Å². The van der Waals surface area contributed by atoms with Crippen molar-refractivity contribution < 1.29 is 24.2 Å². The number of carbonyl (C=O) groups excluding carboxylic acids is 1. The molecule has 30 heavy (non-hydrogen) atoms. The lowest BCUT2D eigenvalue weighted by molar-refractivity contribution is 0.0958. The van der Waals surface area contributed by atoms with Crippen LogP contribution in [0.5, 0.6) is 23.0 Å². The fourth-order valence-electron chi connectivity index (χ4n) is 2.78. The fourth-order valence-corrected chi connectivity index (χ4v) is 2.78. The van der Waals surface area contributed by atoms with Crippen LogP contribution in [0.2, 0.25) is 0 Å². The van der Waals surface area contributed by atoms with Gasteiger partial charge in [0.25, 0.3) is 11.9 Å². The zero-order valence-corrected chi connectivity index (χ0v) is 15.9. The van der Waals surface area contributed by atoms with Gasteiger partial charge in [-0.2, -0.15) is 4.98 Å². The van der Waals surface area contributed by atoms with Gasteiger partial charge in [-0.3, -0.25) is 9.78 Å². The highest BCUT2D eigenvalue weighted by molar-refractivity contribution is 5.92. The number of aromatic nitrogens is 2. The van der Waals surface area contributed by atoms with E-state index in [0.717, 1.165) is 0 Å². The third-order valence-electron chi connectivity index (χ3n) is 4.29. The van der Waals surface area contributed by atoms with Crippen LogP contribution in [0.15, 0.2) is 59.1 Å². The molecule has 2 heterocycles. The van der Waals surface area contributed by atoms with Crippen molar-refractivity contribution in [1.29, 1.82) is 0 Å². The van der Waals surface area contributed by atoms with Crippen LogP contribution in [0.25, 0.3) is 11.1 Å². The van der Waals surface area contributed by atoms with E-state index in [1.54, 1.807) is 36.4 Å². The van der Waals surface area contributed by atoms with E-state index in [0.29, 0.717) is 28.2 Å². The second-order valence-corrected chi connectivity index (χ2v) is 6.37. The fraction of sp³-hybridized carbons (Fsp3) is 0.0952. The third-order valence-corrected chi connectivity index (χ3v) is 4.29. The normalized spacial score (nSPS) is 10.7. The van der Waals surface area contributed by atoms with Gasteiger partial charge in [-0.15, -0.1) is 0 Å². The second-order valence-electron chi connectivity index (χ2n) is 6.37. The number of nitrogens with zero attached hydrogens (tertiary/aromatic N) is 2. The summed E-state index contributed by atoms with van der Waals surface area (Å²) < 4.78 is 11.5. The van der Waals surface area contributed by atoms with Gasteiger partial charge in [-0.05, 0) is 30.3 Å². The smallest absolute Gasteiger partial charge is 0.295 e. The molecular weight excluding hydrogens is 388 g/mol. The Bertz CT molecular complexity index is 1220. The van der Waals surface area contributed by atoms with E-state index in [1.165, 1.54) is 25.4 Å². The zero-order chi connectivity index (χ0) is 21.1. The first kappa shape index (κ1) is 19.1. The van der Waals surface area contributed by atoms with Gasteiger partial charge in [0.05, 0.1) is 0 Å². The number of rotatable bonds is 6. The summed E-state index contributed by atoms with van der Waals surface area (Å²) in [5, 5.41) is 24.7. The predicted molar refractivity (Wildman–Crippen MR) is 109 cm³/mol. The number of benzene rings is 2. The van der Waals surface area contributed by atoms with Crippen molar-refractivity contribution in [2.75, 3.05) is 12.4 Å². The Kier molecular flexibility index (Phi) is 5.08. The maximum absolute atomic E-state index is 11.7. The number of aromatic hydroxyl groups is 2. The van der Waals surface area contributed by atoms with Crippen molar-refractivity contribution in [2.45, 2.75) is 6.54 Å². The van der Waals surface area contributed by atoms with E-state index in [4.69, 9.17) is 9.15 Å². The molecular formula is C21H18N4O5. The molecule has 4 rings (SSSR count). The van der Waals surface area contributed by atoms with Crippen LogP contribution >= 0.6 is 0 Å². The minimum Gasteiger partial charge on any atom is -0.508 e. The number of amides is 1. The van der Waals surface area contributed by atoms with Gasteiger partial charge in [0.2, 0.25) is 0 Å². The molecule has 0 saturated heterocycles. The Labute approximate surface area is 171 Å². The monoisotopic (exact) mass is 406 g/mol. The number of hydrogen-bond acceptors (Lipinski definition) is 8. The summed E-state index contributed by atoms with van der Waals surface area (Å²) in [6.07, 6.45) is 1.49. The molecule has 2 aromatic heterocycles. The second kappa shape index (κ2) is 8.00. The SMILES string of the molecule is CNC(=O)c1cc(Oc2ccc3nc(NCc4ccc(O)cc4O)oc3c2)ccn1. The van der Waals surface area contributed by atoms with Crippen molar-refractivity contribution in [1.82, 2.24) is 15.3 Å². The maximum Gasteiger partial charge on any atom is 0.295 e. The molecule has 152 valence electrons. The topological polar surface area (TPSA) is 130 Å². The number of hydrogen-bond donors (Lipinski definition) is 4. The number of phenolic OH excluding ortho intramolecular Hbond substituents is 2. The summed E-state index contributed by atoms with van der Waals surface area (Å²) >= 11 is 0. The number of anilines is 1. The van der Waals surface area contributed by atoms with Gasteiger partial charge in [-0.25, -0.2) is 0 Å². The highest BCUT2D eigenvalue weighted by atomic mass is 16.5. The van der Waals surface area contributed by atoms with Gasteiger partial charge in [0.15, 0.2) is 5.58 Å². The molecule has 4 aromatic rings. The maximum atomic E-state index is 11.7.